The lowest BCUT2D eigenvalue weighted by atomic mass is 9.88. The maximum absolute atomic E-state index is 11.8. The second-order valence-corrected chi connectivity index (χ2v) is 7.00. The van der Waals surface area contributed by atoms with Crippen molar-refractivity contribution in [1.29, 1.82) is 0 Å². The maximum Gasteiger partial charge on any atom is 0.325 e. The van der Waals surface area contributed by atoms with Crippen molar-refractivity contribution in [1.82, 2.24) is 4.72 Å². The lowest BCUT2D eigenvalue weighted by Crippen LogP contribution is -2.52. The summed E-state index contributed by atoms with van der Waals surface area (Å²) in [7, 11) is -3.04. The van der Waals surface area contributed by atoms with Gasteiger partial charge in [0, 0.05) is 0 Å². The first-order chi connectivity index (χ1) is 7.93. The molecule has 7 nitrogen and oxygen atoms in total. The van der Waals surface area contributed by atoms with Crippen LogP contribution in [0, 0.1) is 5.41 Å². The van der Waals surface area contributed by atoms with Crippen LogP contribution < -0.4 is 4.72 Å². The monoisotopic (exact) mass is 281 g/mol. The Morgan fingerprint density at radius 1 is 1.28 bits per heavy atom. The zero-order valence-corrected chi connectivity index (χ0v) is 11.9. The minimum Gasteiger partial charge on any atom is -0.480 e. The van der Waals surface area contributed by atoms with Crippen LogP contribution in [0.3, 0.4) is 0 Å². The fraction of sp³-hybridized carbons (Fsp3) is 0.800. The molecule has 0 bridgehead atoms. The van der Waals surface area contributed by atoms with Crippen molar-refractivity contribution in [2.75, 3.05) is 7.11 Å². The first-order valence-corrected chi connectivity index (χ1v) is 6.80. The summed E-state index contributed by atoms with van der Waals surface area (Å²) in [5, 5.41) is 7.54. The molecule has 0 spiro atoms. The molecule has 0 aromatic heterocycles. The van der Waals surface area contributed by atoms with E-state index in [1.54, 1.807) is 20.8 Å². The van der Waals surface area contributed by atoms with Crippen molar-refractivity contribution in [2.45, 2.75) is 39.0 Å². The van der Waals surface area contributed by atoms with Crippen LogP contribution in [-0.4, -0.2) is 43.9 Å². The van der Waals surface area contributed by atoms with E-state index in [1.165, 1.54) is 0 Å². The molecule has 2 N–H and O–H groups in total. The predicted octanol–water partition coefficient (Wildman–Crippen LogP) is -0.0334. The van der Waals surface area contributed by atoms with E-state index < -0.39 is 38.7 Å². The van der Waals surface area contributed by atoms with E-state index in [1.807, 2.05) is 4.72 Å². The highest BCUT2D eigenvalue weighted by molar-refractivity contribution is 7.90. The number of esters is 1. The third-order valence-corrected chi connectivity index (χ3v) is 4.08. The van der Waals surface area contributed by atoms with E-state index in [2.05, 4.69) is 4.74 Å². The molecule has 0 heterocycles. The van der Waals surface area contributed by atoms with Gasteiger partial charge in [0.05, 0.1) is 7.11 Å². The quantitative estimate of drug-likeness (QED) is 0.685. The Balaban J connectivity index is 5.17. The highest BCUT2D eigenvalue weighted by Crippen LogP contribution is 2.21. The number of methoxy groups -OCH3 is 1. The molecule has 2 atom stereocenters. The number of carboxylic acid groups (broad SMARTS) is 1. The van der Waals surface area contributed by atoms with E-state index in [9.17, 15) is 18.0 Å². The largest absolute Gasteiger partial charge is 0.480 e. The van der Waals surface area contributed by atoms with Crippen LogP contribution in [0.4, 0.5) is 0 Å². The average Bonchev–Trinajstić information content (AvgIpc) is 2.21. The van der Waals surface area contributed by atoms with Crippen LogP contribution in [0.1, 0.15) is 27.7 Å². The molecule has 0 aromatic rings. The number of nitrogens with one attached hydrogen (secondary N) is 1. The fourth-order valence-corrected chi connectivity index (χ4v) is 2.49. The topological polar surface area (TPSA) is 110 Å². The summed E-state index contributed by atoms with van der Waals surface area (Å²) in [6, 6.07) is -1.32. The number of rotatable bonds is 5. The molecular weight excluding hydrogens is 262 g/mol. The number of carbonyl (C=O) groups is 2. The molecule has 0 saturated heterocycles. The standard InChI is InChI=1S/C10H19NO6S/c1-6(9(14)17-5)18(15,16)11-7(8(12)13)10(2,3)4/h6-7,11H,1-5H3,(H,12,13). The minimum atomic E-state index is -4.10. The van der Waals surface area contributed by atoms with Crippen LogP contribution in [-0.2, 0) is 24.3 Å². The first kappa shape index (κ1) is 16.9. The molecule has 0 aromatic carbocycles. The molecule has 0 aliphatic carbocycles. The number of carbonyl (C=O) groups excluding carboxylic acids is 1. The summed E-state index contributed by atoms with van der Waals surface area (Å²) in [6.45, 7) is 5.88. The molecule has 0 rings (SSSR count). The molecule has 0 aliphatic heterocycles. The Bertz CT molecular complexity index is 422. The van der Waals surface area contributed by atoms with Crippen molar-refractivity contribution in [3.8, 4) is 0 Å². The van der Waals surface area contributed by atoms with Gasteiger partial charge in [0.15, 0.2) is 5.25 Å². The Labute approximate surface area is 107 Å². The summed E-state index contributed by atoms with van der Waals surface area (Å²) < 4.78 is 30.0. The van der Waals surface area contributed by atoms with Crippen LogP contribution in [0.5, 0.6) is 0 Å². The third-order valence-electron chi connectivity index (χ3n) is 2.39. The van der Waals surface area contributed by atoms with Crippen LogP contribution in [0.15, 0.2) is 0 Å². The zero-order chi connectivity index (χ0) is 14.7. The zero-order valence-electron chi connectivity index (χ0n) is 11.1. The number of aliphatic carboxylic acids is 1. The lowest BCUT2D eigenvalue weighted by Gasteiger charge is -2.28. The summed E-state index contributed by atoms with van der Waals surface area (Å²) in [5.41, 5.74) is -0.825. The maximum atomic E-state index is 11.8. The summed E-state index contributed by atoms with van der Waals surface area (Å²) >= 11 is 0. The number of hydrogen-bond acceptors (Lipinski definition) is 5. The van der Waals surface area contributed by atoms with Gasteiger partial charge in [-0.2, -0.15) is 4.72 Å². The van der Waals surface area contributed by atoms with Crippen molar-refractivity contribution in [3.05, 3.63) is 0 Å². The molecule has 0 radical (unpaired) electrons. The molecule has 0 amide bonds. The van der Waals surface area contributed by atoms with Gasteiger partial charge in [0.2, 0.25) is 10.0 Å². The minimum absolute atomic E-state index is 0.825. The normalized spacial score (nSPS) is 15.8. The molecule has 0 saturated carbocycles. The fourth-order valence-electron chi connectivity index (χ4n) is 1.16. The van der Waals surface area contributed by atoms with Gasteiger partial charge in [0.25, 0.3) is 0 Å². The Kier molecular flexibility index (Phi) is 5.30. The van der Waals surface area contributed by atoms with E-state index >= 15 is 0 Å². The SMILES string of the molecule is COC(=O)C(C)S(=O)(=O)NC(C(=O)O)C(C)(C)C. The summed E-state index contributed by atoms with van der Waals surface area (Å²) in [4.78, 5) is 22.2. The van der Waals surface area contributed by atoms with E-state index in [4.69, 9.17) is 5.11 Å². The van der Waals surface area contributed by atoms with Crippen molar-refractivity contribution in [2.24, 2.45) is 5.41 Å². The van der Waals surface area contributed by atoms with Gasteiger partial charge < -0.3 is 9.84 Å². The van der Waals surface area contributed by atoms with Gasteiger partial charge in [-0.15, -0.1) is 0 Å². The summed E-state index contributed by atoms with van der Waals surface area (Å²) in [6.07, 6.45) is 0. The molecule has 0 aliphatic rings. The van der Waals surface area contributed by atoms with Gasteiger partial charge in [-0.1, -0.05) is 20.8 Å². The van der Waals surface area contributed by atoms with E-state index in [0.717, 1.165) is 14.0 Å². The van der Waals surface area contributed by atoms with Gasteiger partial charge in [-0.25, -0.2) is 8.42 Å². The molecule has 18 heavy (non-hydrogen) atoms. The Morgan fingerprint density at radius 3 is 2.00 bits per heavy atom. The molecule has 106 valence electrons. The highest BCUT2D eigenvalue weighted by atomic mass is 32.2. The smallest absolute Gasteiger partial charge is 0.325 e. The number of ether oxygens (including phenoxy) is 1. The summed E-state index contributed by atoms with van der Waals surface area (Å²) in [5.74, 6) is -2.25. The molecular formula is C10H19NO6S. The number of carboxylic acids is 1. The van der Waals surface area contributed by atoms with Crippen molar-refractivity contribution >= 4 is 22.0 Å². The second kappa shape index (κ2) is 5.66. The first-order valence-electron chi connectivity index (χ1n) is 5.25. The van der Waals surface area contributed by atoms with Crippen molar-refractivity contribution < 1.29 is 27.9 Å². The van der Waals surface area contributed by atoms with Crippen LogP contribution in [0.2, 0.25) is 0 Å². The number of hydrogen-bond donors (Lipinski definition) is 2. The number of sulfonamides is 1. The van der Waals surface area contributed by atoms with Gasteiger partial charge in [-0.05, 0) is 12.3 Å². The third kappa shape index (κ3) is 4.26. The van der Waals surface area contributed by atoms with Crippen molar-refractivity contribution in [3.63, 3.8) is 0 Å². The average molecular weight is 281 g/mol. The Morgan fingerprint density at radius 2 is 1.72 bits per heavy atom. The van der Waals surface area contributed by atoms with Crippen LogP contribution in [0.25, 0.3) is 0 Å². The lowest BCUT2D eigenvalue weighted by molar-refractivity contribution is -0.142. The second-order valence-electron chi connectivity index (χ2n) is 4.97. The van der Waals surface area contributed by atoms with E-state index in [0.29, 0.717) is 0 Å². The van der Waals surface area contributed by atoms with Gasteiger partial charge >= 0.3 is 11.9 Å². The van der Waals surface area contributed by atoms with Gasteiger partial charge in [-0.3, -0.25) is 9.59 Å². The Hall–Kier alpha value is -1.15. The predicted molar refractivity (Wildman–Crippen MR) is 64.4 cm³/mol. The highest BCUT2D eigenvalue weighted by Gasteiger charge is 2.38. The van der Waals surface area contributed by atoms with Crippen LogP contribution >= 0.6 is 0 Å². The molecule has 2 unspecified atom stereocenters. The van der Waals surface area contributed by atoms with E-state index in [-0.39, 0.29) is 0 Å². The van der Waals surface area contributed by atoms with Gasteiger partial charge in [0.1, 0.15) is 6.04 Å². The molecule has 0 fully saturated rings. The molecule has 8 heteroatoms.